The van der Waals surface area contributed by atoms with Crippen LogP contribution in [0.2, 0.25) is 0 Å². The number of hydrogen-bond acceptors (Lipinski definition) is 3. The predicted molar refractivity (Wildman–Crippen MR) is 55.6 cm³/mol. The van der Waals surface area contributed by atoms with Crippen LogP contribution >= 0.6 is 0 Å². The molecule has 1 heterocycles. The zero-order chi connectivity index (χ0) is 14.1. The van der Waals surface area contributed by atoms with Crippen molar-refractivity contribution in [2.24, 2.45) is 7.05 Å². The van der Waals surface area contributed by atoms with Crippen molar-refractivity contribution >= 4 is 11.6 Å². The molecule has 9 heteroatoms. The molecule has 1 aromatic rings. The van der Waals surface area contributed by atoms with Gasteiger partial charge in [-0.3, -0.25) is 9.48 Å². The molecule has 0 aromatic carbocycles. The lowest BCUT2D eigenvalue weighted by Gasteiger charge is -2.15. The smallest absolute Gasteiger partial charge is 0.324 e. The van der Waals surface area contributed by atoms with Crippen LogP contribution in [0.3, 0.4) is 0 Å². The van der Waals surface area contributed by atoms with E-state index >= 15 is 0 Å². The number of carbonyl (C=O) groups excluding carboxylic acids is 1. The van der Waals surface area contributed by atoms with E-state index in [1.54, 1.807) is 5.32 Å². The van der Waals surface area contributed by atoms with Crippen LogP contribution < -0.4 is 11.1 Å². The topological polar surface area (TPSA) is 72.9 Å². The van der Waals surface area contributed by atoms with E-state index in [9.17, 15) is 22.4 Å². The lowest BCUT2D eigenvalue weighted by molar-refractivity contribution is -0.123. The number of nitrogens with one attached hydrogen (secondary N) is 1. The van der Waals surface area contributed by atoms with Gasteiger partial charge in [0.1, 0.15) is 5.69 Å². The van der Waals surface area contributed by atoms with Crippen molar-refractivity contribution in [3.8, 4) is 0 Å². The van der Waals surface area contributed by atoms with Gasteiger partial charge in [-0.2, -0.15) is 13.9 Å². The zero-order valence-corrected chi connectivity index (χ0v) is 9.68. The Bertz CT molecular complexity index is 458. The number of aromatic nitrogens is 2. The van der Waals surface area contributed by atoms with Crippen molar-refractivity contribution in [1.82, 2.24) is 15.1 Å². The Kier molecular flexibility index (Phi) is 3.82. The Hall–Kier alpha value is -1.80. The molecule has 0 radical (unpaired) electrons. The number of hydrogen-bond donors (Lipinski definition) is 2. The molecule has 0 aliphatic carbocycles. The average Bonchev–Trinajstić information content (AvgIpc) is 2.50. The summed E-state index contributed by atoms with van der Waals surface area (Å²) in [4.78, 5) is 11.5. The number of aryl methyl sites for hydroxylation is 2. The summed E-state index contributed by atoms with van der Waals surface area (Å²) in [7, 11) is 1.39. The summed E-state index contributed by atoms with van der Waals surface area (Å²) in [6, 6.07) is 0. The van der Waals surface area contributed by atoms with Gasteiger partial charge in [-0.05, 0) is 6.92 Å². The second-order valence-electron chi connectivity index (χ2n) is 3.72. The number of anilines is 1. The lowest BCUT2D eigenvalue weighted by Crippen LogP contribution is -2.42. The maximum Gasteiger partial charge on any atom is 0.324 e. The van der Waals surface area contributed by atoms with Crippen molar-refractivity contribution in [3.63, 3.8) is 0 Å². The van der Waals surface area contributed by atoms with Crippen LogP contribution in [-0.2, 0) is 7.05 Å². The van der Waals surface area contributed by atoms with Crippen LogP contribution in [0.1, 0.15) is 16.2 Å². The number of nitrogen functional groups attached to an aromatic ring is 1. The molecule has 0 saturated heterocycles. The van der Waals surface area contributed by atoms with Crippen LogP contribution in [0.15, 0.2) is 0 Å². The summed E-state index contributed by atoms with van der Waals surface area (Å²) in [5.74, 6) is -5.26. The van der Waals surface area contributed by atoms with Crippen LogP contribution in [0.5, 0.6) is 0 Å². The van der Waals surface area contributed by atoms with Gasteiger partial charge in [-0.25, -0.2) is 8.78 Å². The fourth-order valence-corrected chi connectivity index (χ4v) is 1.30. The minimum atomic E-state index is -4.28. The third kappa shape index (κ3) is 2.71. The first kappa shape index (κ1) is 14.3. The van der Waals surface area contributed by atoms with E-state index in [0.29, 0.717) is 5.69 Å². The summed E-state index contributed by atoms with van der Waals surface area (Å²) in [5, 5.41) is 5.51. The van der Waals surface area contributed by atoms with Crippen molar-refractivity contribution in [3.05, 3.63) is 11.4 Å². The molecule has 0 unspecified atom stereocenters. The summed E-state index contributed by atoms with van der Waals surface area (Å²) in [5.41, 5.74) is 5.76. The lowest BCUT2D eigenvalue weighted by atomic mass is 10.2. The maximum atomic E-state index is 12.6. The van der Waals surface area contributed by atoms with Crippen molar-refractivity contribution in [2.75, 3.05) is 12.3 Å². The largest absolute Gasteiger partial charge is 0.395 e. The van der Waals surface area contributed by atoms with Gasteiger partial charge in [0.15, 0.2) is 0 Å². The molecule has 18 heavy (non-hydrogen) atoms. The summed E-state index contributed by atoms with van der Waals surface area (Å²) in [6.07, 6.45) is -3.84. The van der Waals surface area contributed by atoms with Gasteiger partial charge in [0.2, 0.25) is 0 Å². The van der Waals surface area contributed by atoms with Crippen molar-refractivity contribution in [1.29, 1.82) is 0 Å². The number of carbonyl (C=O) groups is 1. The zero-order valence-electron chi connectivity index (χ0n) is 9.68. The first-order valence-electron chi connectivity index (χ1n) is 4.90. The highest BCUT2D eigenvalue weighted by atomic mass is 19.3. The first-order valence-corrected chi connectivity index (χ1v) is 4.90. The van der Waals surface area contributed by atoms with E-state index in [4.69, 9.17) is 5.73 Å². The molecule has 102 valence electrons. The number of nitrogens with two attached hydrogens (primary N) is 1. The second kappa shape index (κ2) is 4.83. The van der Waals surface area contributed by atoms with Gasteiger partial charge in [0.05, 0.1) is 17.9 Å². The summed E-state index contributed by atoms with van der Waals surface area (Å²) in [6.45, 7) is 0.0625. The average molecular weight is 268 g/mol. The standard InChI is InChI=1S/C9H12F4N4O/c1-4-5(14)6(17(2)16-4)7(18)15-3-9(12,13)8(10)11/h8H,3,14H2,1-2H3,(H,15,18). The first-order chi connectivity index (χ1) is 8.16. The third-order valence-electron chi connectivity index (χ3n) is 2.29. The van der Waals surface area contributed by atoms with Crippen LogP contribution in [0.4, 0.5) is 23.2 Å². The molecule has 0 saturated carbocycles. The highest BCUT2D eigenvalue weighted by Crippen LogP contribution is 2.22. The molecule has 0 aliphatic rings. The van der Waals surface area contributed by atoms with Gasteiger partial charge < -0.3 is 11.1 Å². The fraction of sp³-hybridized carbons (Fsp3) is 0.556. The number of amides is 1. The van der Waals surface area contributed by atoms with Crippen molar-refractivity contribution in [2.45, 2.75) is 19.3 Å². The normalized spacial score (nSPS) is 11.9. The van der Waals surface area contributed by atoms with E-state index in [1.807, 2.05) is 0 Å². The highest BCUT2D eigenvalue weighted by Gasteiger charge is 2.41. The minimum absolute atomic E-state index is 0.0235. The monoisotopic (exact) mass is 268 g/mol. The van der Waals surface area contributed by atoms with E-state index in [0.717, 1.165) is 4.68 Å². The number of alkyl halides is 4. The SMILES string of the molecule is Cc1nn(C)c(C(=O)NCC(F)(F)C(F)F)c1N. The number of halogens is 4. The maximum absolute atomic E-state index is 12.6. The van der Waals surface area contributed by atoms with Gasteiger partial charge in [-0.1, -0.05) is 0 Å². The predicted octanol–water partition coefficient (Wildman–Crippen LogP) is 0.941. The molecule has 0 bridgehead atoms. The Morgan fingerprint density at radius 3 is 2.50 bits per heavy atom. The third-order valence-corrected chi connectivity index (χ3v) is 2.29. The summed E-state index contributed by atoms with van der Waals surface area (Å²) >= 11 is 0. The molecule has 5 nitrogen and oxygen atoms in total. The Morgan fingerprint density at radius 1 is 1.56 bits per heavy atom. The molecule has 0 fully saturated rings. The Balaban J connectivity index is 2.78. The number of rotatable bonds is 4. The second-order valence-corrected chi connectivity index (χ2v) is 3.72. The van der Waals surface area contributed by atoms with Gasteiger partial charge in [0.25, 0.3) is 5.91 Å². The van der Waals surface area contributed by atoms with Crippen LogP contribution in [0, 0.1) is 6.92 Å². The summed E-state index contributed by atoms with van der Waals surface area (Å²) < 4.78 is 50.1. The fourth-order valence-electron chi connectivity index (χ4n) is 1.30. The van der Waals surface area contributed by atoms with E-state index in [2.05, 4.69) is 5.10 Å². The molecule has 0 spiro atoms. The molecular weight excluding hydrogens is 256 g/mol. The van der Waals surface area contributed by atoms with Crippen LogP contribution in [0.25, 0.3) is 0 Å². The minimum Gasteiger partial charge on any atom is -0.395 e. The molecule has 3 N–H and O–H groups in total. The van der Waals surface area contributed by atoms with Crippen molar-refractivity contribution < 1.29 is 22.4 Å². The Morgan fingerprint density at radius 2 is 2.11 bits per heavy atom. The van der Waals surface area contributed by atoms with E-state index < -0.39 is 24.8 Å². The van der Waals surface area contributed by atoms with Crippen LogP contribution in [-0.4, -0.2) is 34.6 Å². The Labute approximate surface area is 99.9 Å². The van der Waals surface area contributed by atoms with Gasteiger partial charge in [-0.15, -0.1) is 0 Å². The van der Waals surface area contributed by atoms with Gasteiger partial charge in [0, 0.05) is 7.05 Å². The molecule has 0 aliphatic heterocycles. The molecular formula is C9H12F4N4O. The molecule has 1 amide bonds. The molecule has 1 aromatic heterocycles. The molecule has 0 atom stereocenters. The van der Waals surface area contributed by atoms with E-state index in [-0.39, 0.29) is 11.4 Å². The highest BCUT2D eigenvalue weighted by molar-refractivity contribution is 5.97. The van der Waals surface area contributed by atoms with E-state index in [1.165, 1.54) is 14.0 Å². The quantitative estimate of drug-likeness (QED) is 0.798. The van der Waals surface area contributed by atoms with Gasteiger partial charge >= 0.3 is 12.3 Å². The molecule has 1 rings (SSSR count). The number of nitrogens with zero attached hydrogens (tertiary/aromatic N) is 2.